The highest BCUT2D eigenvalue weighted by Crippen LogP contribution is 2.38. The molecule has 0 amide bonds. The molecule has 0 N–H and O–H groups in total. The summed E-state index contributed by atoms with van der Waals surface area (Å²) in [6, 6.07) is 15.8. The Hall–Kier alpha value is -3.00. The Morgan fingerprint density at radius 2 is 1.48 bits per heavy atom. The molecule has 5 rings (SSSR count). The molecule has 4 aromatic rings. The summed E-state index contributed by atoms with van der Waals surface area (Å²) in [5.41, 5.74) is 4.99. The first-order valence-corrected chi connectivity index (χ1v) is 28.8. The molecular weight excluding hydrogens is 735 g/mol. The lowest BCUT2D eigenvalue weighted by atomic mass is 9.94. The minimum atomic E-state index is -3.86. The van der Waals surface area contributed by atoms with Crippen molar-refractivity contribution < 1.29 is 30.5 Å². The summed E-state index contributed by atoms with van der Waals surface area (Å²) in [6.07, 6.45) is 5.25. The molecule has 3 aromatic heterocycles. The monoisotopic (exact) mass is 787 g/mol. The number of rotatable bonds is 17. The highest BCUT2D eigenvalue weighted by atomic mass is 32.2. The van der Waals surface area contributed by atoms with Crippen LogP contribution in [0.4, 0.5) is 5.82 Å². The van der Waals surface area contributed by atoms with Crippen LogP contribution in [0.25, 0.3) is 28.0 Å². The highest BCUT2D eigenvalue weighted by molar-refractivity contribution is 7.91. The smallest absolute Gasteiger partial charge is 0.264 e. The van der Waals surface area contributed by atoms with E-state index in [2.05, 4.69) is 39.3 Å². The van der Waals surface area contributed by atoms with Gasteiger partial charge in [0.15, 0.2) is 5.65 Å². The maximum Gasteiger partial charge on any atom is 0.264 e. The molecule has 0 aliphatic carbocycles. The van der Waals surface area contributed by atoms with Crippen molar-refractivity contribution in [2.75, 3.05) is 49.3 Å². The molecule has 0 saturated carbocycles. The number of hydrogen-bond acceptors (Lipinski definition) is 11. The minimum Gasteiger partial charge on any atom is -0.361 e. The quantitative estimate of drug-likeness (QED) is 0.0491. The zero-order valence-corrected chi connectivity index (χ0v) is 35.1. The fourth-order valence-electron chi connectivity index (χ4n) is 5.96. The molecule has 4 heterocycles. The average molecular weight is 788 g/mol. The average Bonchev–Trinajstić information content (AvgIpc) is 3.49. The van der Waals surface area contributed by atoms with Crippen molar-refractivity contribution in [3.8, 4) is 22.4 Å². The van der Waals surface area contributed by atoms with Crippen molar-refractivity contribution in [2.24, 2.45) is 0 Å². The van der Waals surface area contributed by atoms with Gasteiger partial charge < -0.3 is 14.4 Å². The topological polar surface area (TPSA) is 142 Å². The van der Waals surface area contributed by atoms with Crippen LogP contribution < -0.4 is 4.90 Å². The van der Waals surface area contributed by atoms with E-state index in [-0.39, 0.29) is 37.5 Å². The van der Waals surface area contributed by atoms with Gasteiger partial charge in [0.25, 0.3) is 10.1 Å². The van der Waals surface area contributed by atoms with Gasteiger partial charge in [-0.1, -0.05) is 75.7 Å². The largest absolute Gasteiger partial charge is 0.361 e. The summed E-state index contributed by atoms with van der Waals surface area (Å²) in [6.45, 7) is 14.9. The van der Waals surface area contributed by atoms with Gasteiger partial charge in [0.05, 0.1) is 42.0 Å². The van der Waals surface area contributed by atoms with Crippen LogP contribution in [0, 0.1) is 0 Å². The third-order valence-corrected chi connectivity index (χ3v) is 14.7. The van der Waals surface area contributed by atoms with Crippen LogP contribution in [-0.2, 0) is 40.2 Å². The Kier molecular flexibility index (Phi) is 12.8. The summed E-state index contributed by atoms with van der Waals surface area (Å²) in [5, 5.41) is 4.83. The second kappa shape index (κ2) is 16.6. The first kappa shape index (κ1) is 40.2. The van der Waals surface area contributed by atoms with Crippen molar-refractivity contribution in [1.29, 1.82) is 0 Å². The molecule has 0 atom stereocenters. The van der Waals surface area contributed by atoms with Crippen LogP contribution in [0.1, 0.15) is 30.0 Å². The van der Waals surface area contributed by atoms with Gasteiger partial charge in [-0.25, -0.2) is 13.4 Å². The predicted molar refractivity (Wildman–Crippen MR) is 212 cm³/mol. The van der Waals surface area contributed by atoms with Gasteiger partial charge >= 0.3 is 0 Å². The normalized spacial score (nSPS) is 15.7. The predicted octanol–water partition coefficient (Wildman–Crippen LogP) is 6.66. The third kappa shape index (κ3) is 11.3. The molecule has 0 spiro atoms. The second-order valence-electron chi connectivity index (χ2n) is 16.0. The lowest BCUT2D eigenvalue weighted by molar-refractivity contribution is 0.0938. The zero-order valence-electron chi connectivity index (χ0n) is 31.5. The molecule has 1 aliphatic heterocycles. The standard InChI is InChI=1S/C36H53N5O7S2Si2/c1-49(42,43)48-25-32-34(29-15-19-50(44,45)20-16-29)39-35-31(30-13-14-33(37-23-30)28-11-9-8-10-12-28)24-38-41(35)36(32)40(26-46-17-21-51(2,3)4)27-47-18-22-52(5,6)7/h8-14,23-24,29H,15-22,25-27H2,1-7H3. The van der Waals surface area contributed by atoms with Gasteiger partial charge in [0, 0.05) is 63.7 Å². The lowest BCUT2D eigenvalue weighted by Crippen LogP contribution is -2.35. The molecule has 1 aromatic carbocycles. The molecule has 284 valence electrons. The Balaban J connectivity index is 1.66. The first-order chi connectivity index (χ1) is 24.4. The number of hydrogen-bond donors (Lipinski definition) is 0. The number of benzene rings is 1. The maximum absolute atomic E-state index is 12.5. The van der Waals surface area contributed by atoms with Gasteiger partial charge in [-0.15, -0.1) is 0 Å². The molecule has 16 heteroatoms. The van der Waals surface area contributed by atoms with Crippen molar-refractivity contribution in [3.05, 3.63) is 66.1 Å². The van der Waals surface area contributed by atoms with Gasteiger partial charge in [-0.3, -0.25) is 9.17 Å². The van der Waals surface area contributed by atoms with E-state index in [1.807, 2.05) is 47.4 Å². The summed E-state index contributed by atoms with van der Waals surface area (Å²) < 4.78 is 69.8. The highest BCUT2D eigenvalue weighted by Gasteiger charge is 2.32. The van der Waals surface area contributed by atoms with Crippen molar-refractivity contribution in [3.63, 3.8) is 0 Å². The second-order valence-corrected chi connectivity index (χ2v) is 31.2. The molecule has 0 bridgehead atoms. The van der Waals surface area contributed by atoms with E-state index in [9.17, 15) is 16.8 Å². The van der Waals surface area contributed by atoms with Crippen LogP contribution in [0.5, 0.6) is 0 Å². The fraction of sp³-hybridized carbons (Fsp3) is 0.528. The molecule has 52 heavy (non-hydrogen) atoms. The Labute approximate surface area is 311 Å². The van der Waals surface area contributed by atoms with Crippen molar-refractivity contribution in [1.82, 2.24) is 19.6 Å². The molecular formula is C36H53N5O7S2Si2. The fourth-order valence-corrected chi connectivity index (χ4v) is 9.30. The van der Waals surface area contributed by atoms with Crippen molar-refractivity contribution in [2.45, 2.75) is 76.7 Å². The van der Waals surface area contributed by atoms with E-state index >= 15 is 0 Å². The van der Waals surface area contributed by atoms with E-state index in [1.165, 1.54) is 0 Å². The Bertz CT molecular complexity index is 2000. The van der Waals surface area contributed by atoms with E-state index in [0.717, 1.165) is 40.7 Å². The maximum atomic E-state index is 12.5. The van der Waals surface area contributed by atoms with Gasteiger partial charge in [-0.05, 0) is 31.0 Å². The van der Waals surface area contributed by atoms with E-state index < -0.39 is 36.1 Å². The van der Waals surface area contributed by atoms with Crippen LogP contribution in [0.3, 0.4) is 0 Å². The van der Waals surface area contributed by atoms with E-state index in [1.54, 1.807) is 16.9 Å². The van der Waals surface area contributed by atoms with Crippen LogP contribution in [0.2, 0.25) is 51.4 Å². The third-order valence-electron chi connectivity index (χ3n) is 9.04. The summed E-state index contributed by atoms with van der Waals surface area (Å²) in [4.78, 5) is 11.9. The van der Waals surface area contributed by atoms with Crippen LogP contribution >= 0.6 is 0 Å². The van der Waals surface area contributed by atoms with Crippen LogP contribution in [0.15, 0.2) is 54.9 Å². The van der Waals surface area contributed by atoms with Gasteiger partial charge in [0.1, 0.15) is 29.1 Å². The summed E-state index contributed by atoms with van der Waals surface area (Å²) >= 11 is 0. The molecule has 0 unspecified atom stereocenters. The molecule has 12 nitrogen and oxygen atoms in total. The molecule has 1 fully saturated rings. The molecule has 1 saturated heterocycles. The Morgan fingerprint density at radius 3 is 2.02 bits per heavy atom. The van der Waals surface area contributed by atoms with Gasteiger partial charge in [0.2, 0.25) is 0 Å². The van der Waals surface area contributed by atoms with E-state index in [4.69, 9.17) is 28.7 Å². The molecule has 1 aliphatic rings. The number of fused-ring (bicyclic) bond motifs is 1. The first-order valence-electron chi connectivity index (χ1n) is 17.8. The number of ether oxygens (including phenoxy) is 2. The summed E-state index contributed by atoms with van der Waals surface area (Å²) in [7, 11) is -9.83. The minimum absolute atomic E-state index is 0.0204. The van der Waals surface area contributed by atoms with E-state index in [0.29, 0.717) is 48.8 Å². The van der Waals surface area contributed by atoms with Crippen LogP contribution in [-0.4, -0.2) is 97.0 Å². The number of pyridine rings is 1. The van der Waals surface area contributed by atoms with Gasteiger partial charge in [-0.2, -0.15) is 18.0 Å². The van der Waals surface area contributed by atoms with Crippen molar-refractivity contribution >= 4 is 47.6 Å². The molecule has 0 radical (unpaired) electrons. The SMILES string of the molecule is C[Si](C)(C)CCOCN(COCC[Si](C)(C)C)c1c(COS(C)(=O)=O)c(C2CCS(=O)(=O)CC2)nc2c(-c3ccc(-c4ccccc4)nc3)cnn12. The lowest BCUT2D eigenvalue weighted by Gasteiger charge is -2.31. The summed E-state index contributed by atoms with van der Waals surface area (Å²) in [5.74, 6) is 0.325. The number of sulfone groups is 1. The number of aromatic nitrogens is 4. The number of anilines is 1. The number of nitrogens with zero attached hydrogens (tertiary/aromatic N) is 5. The zero-order chi connectivity index (χ0) is 37.7. The Morgan fingerprint density at radius 1 is 0.865 bits per heavy atom.